The molecule has 2 heterocycles. The Labute approximate surface area is 159 Å². The molecule has 7 heteroatoms. The second-order valence-corrected chi connectivity index (χ2v) is 7.43. The third-order valence-corrected chi connectivity index (χ3v) is 4.71. The van der Waals surface area contributed by atoms with Gasteiger partial charge < -0.3 is 15.5 Å². The Bertz CT molecular complexity index is 885. The number of nitrogens with one attached hydrogen (secondary N) is 2. The van der Waals surface area contributed by atoms with E-state index in [2.05, 4.69) is 15.7 Å². The molecular weight excluding hydrogens is 342 g/mol. The quantitative estimate of drug-likeness (QED) is 0.868. The summed E-state index contributed by atoms with van der Waals surface area (Å²) in [6, 6.07) is 5.76. The van der Waals surface area contributed by atoms with Gasteiger partial charge in [0, 0.05) is 55.5 Å². The Kier molecular flexibility index (Phi) is 5.21. The Balaban J connectivity index is 1.89. The molecule has 0 saturated heterocycles. The van der Waals surface area contributed by atoms with Crippen LogP contribution in [0, 0.1) is 6.92 Å². The monoisotopic (exact) mass is 369 g/mol. The van der Waals surface area contributed by atoms with Crippen molar-refractivity contribution < 1.29 is 9.59 Å². The van der Waals surface area contributed by atoms with E-state index < -0.39 is 0 Å². The molecule has 2 aromatic rings. The van der Waals surface area contributed by atoms with Crippen LogP contribution in [0.2, 0.25) is 0 Å². The van der Waals surface area contributed by atoms with Gasteiger partial charge in [0.25, 0.3) is 5.91 Å². The van der Waals surface area contributed by atoms with Gasteiger partial charge in [0.2, 0.25) is 5.91 Å². The molecule has 1 aliphatic rings. The molecule has 0 atom stereocenters. The smallest absolute Gasteiger partial charge is 0.251 e. The van der Waals surface area contributed by atoms with Gasteiger partial charge in [0.15, 0.2) is 5.82 Å². The number of hydrogen-bond acceptors (Lipinski definition) is 4. The molecule has 1 aromatic heterocycles. The number of aryl methyl sites for hydroxylation is 2. The number of rotatable bonds is 4. The zero-order chi connectivity index (χ0) is 19.7. The molecule has 0 spiro atoms. The van der Waals surface area contributed by atoms with Gasteiger partial charge >= 0.3 is 0 Å². The highest BCUT2D eigenvalue weighted by Gasteiger charge is 2.25. The first kappa shape index (κ1) is 18.9. The molecule has 0 aliphatic carbocycles. The largest absolute Gasteiger partial charge is 0.350 e. The molecule has 1 aliphatic heterocycles. The fourth-order valence-corrected chi connectivity index (χ4v) is 3.43. The van der Waals surface area contributed by atoms with E-state index in [4.69, 9.17) is 0 Å². The lowest BCUT2D eigenvalue weighted by atomic mass is 10.1. The van der Waals surface area contributed by atoms with E-state index in [1.54, 1.807) is 6.92 Å². The minimum atomic E-state index is -0.0949. The molecule has 3 rings (SSSR count). The molecule has 0 bridgehead atoms. The van der Waals surface area contributed by atoms with Crippen molar-refractivity contribution in [3.8, 4) is 0 Å². The molecule has 27 heavy (non-hydrogen) atoms. The van der Waals surface area contributed by atoms with Crippen LogP contribution in [0.15, 0.2) is 18.2 Å². The minimum absolute atomic E-state index is 0.0682. The number of carbonyl (C=O) groups excluding carboxylic acids is 2. The summed E-state index contributed by atoms with van der Waals surface area (Å²) in [7, 11) is 1.92. The number of anilines is 2. The van der Waals surface area contributed by atoms with Crippen molar-refractivity contribution in [3.63, 3.8) is 0 Å². The lowest BCUT2D eigenvalue weighted by molar-refractivity contribution is -0.129. The number of aromatic nitrogens is 2. The molecule has 2 amide bonds. The van der Waals surface area contributed by atoms with Gasteiger partial charge in [0.05, 0.1) is 6.54 Å². The maximum absolute atomic E-state index is 12.4. The number of hydrogen-bond donors (Lipinski definition) is 2. The molecule has 0 saturated carbocycles. The lowest BCUT2D eigenvalue weighted by Crippen LogP contribution is -2.34. The number of fused-ring (bicyclic) bond motifs is 1. The number of carbonyl (C=O) groups is 2. The van der Waals surface area contributed by atoms with E-state index in [9.17, 15) is 9.59 Å². The van der Waals surface area contributed by atoms with Gasteiger partial charge in [-0.2, -0.15) is 5.10 Å². The average molecular weight is 369 g/mol. The van der Waals surface area contributed by atoms with Crippen LogP contribution >= 0.6 is 0 Å². The topological polar surface area (TPSA) is 79.3 Å². The van der Waals surface area contributed by atoms with Crippen molar-refractivity contribution in [1.29, 1.82) is 0 Å². The summed E-state index contributed by atoms with van der Waals surface area (Å²) in [5, 5.41) is 10.9. The van der Waals surface area contributed by atoms with E-state index in [0.29, 0.717) is 18.7 Å². The van der Waals surface area contributed by atoms with Crippen LogP contribution < -0.4 is 10.6 Å². The molecule has 1 aromatic carbocycles. The Morgan fingerprint density at radius 2 is 1.96 bits per heavy atom. The first-order valence-electron chi connectivity index (χ1n) is 9.24. The summed E-state index contributed by atoms with van der Waals surface area (Å²) < 4.78 is 1.87. The van der Waals surface area contributed by atoms with Gasteiger partial charge in [-0.15, -0.1) is 0 Å². The summed E-state index contributed by atoms with van der Waals surface area (Å²) >= 11 is 0. The van der Waals surface area contributed by atoms with Crippen LogP contribution in [0.3, 0.4) is 0 Å². The van der Waals surface area contributed by atoms with E-state index >= 15 is 0 Å². The fraction of sp³-hybridized carbons (Fsp3) is 0.450. The summed E-state index contributed by atoms with van der Waals surface area (Å²) in [5.74, 6) is 0.709. The molecule has 2 N–H and O–H groups in total. The highest BCUT2D eigenvalue weighted by molar-refractivity contribution is 5.95. The maximum Gasteiger partial charge on any atom is 0.251 e. The maximum atomic E-state index is 12.4. The van der Waals surface area contributed by atoms with Gasteiger partial charge in [0.1, 0.15) is 0 Å². The molecule has 0 fully saturated rings. The van der Waals surface area contributed by atoms with Gasteiger partial charge in [-0.1, -0.05) is 0 Å². The first-order valence-corrected chi connectivity index (χ1v) is 9.24. The van der Waals surface area contributed by atoms with Gasteiger partial charge in [-0.25, -0.2) is 0 Å². The standard InChI is InChI=1S/C20H27N5O2/c1-12(2)21-20(27)15-8-13(3)9-16(10-15)22-19-17-11-25(14(4)26)7-6-18(17)24(5)23-19/h8-10,12H,6-7,11H2,1-5H3,(H,21,27)(H,22,23). The van der Waals surface area contributed by atoms with Crippen LogP contribution in [0.4, 0.5) is 11.5 Å². The van der Waals surface area contributed by atoms with Crippen LogP contribution in [-0.4, -0.2) is 39.1 Å². The summed E-state index contributed by atoms with van der Waals surface area (Å²) in [4.78, 5) is 26.0. The first-order chi connectivity index (χ1) is 12.7. The average Bonchev–Trinajstić information content (AvgIpc) is 2.89. The number of amides is 2. The van der Waals surface area contributed by atoms with E-state index in [1.165, 1.54) is 0 Å². The van der Waals surface area contributed by atoms with Crippen molar-refractivity contribution in [2.24, 2.45) is 7.05 Å². The second kappa shape index (κ2) is 7.42. The number of nitrogens with zero attached hydrogens (tertiary/aromatic N) is 3. The van der Waals surface area contributed by atoms with E-state index in [0.717, 1.165) is 34.7 Å². The van der Waals surface area contributed by atoms with Crippen molar-refractivity contribution in [2.75, 3.05) is 11.9 Å². The Morgan fingerprint density at radius 3 is 2.63 bits per heavy atom. The SMILES string of the molecule is CC(=O)N1CCc2c(c(Nc3cc(C)cc(C(=O)NC(C)C)c3)nn2C)C1. The zero-order valence-corrected chi connectivity index (χ0v) is 16.6. The fourth-order valence-electron chi connectivity index (χ4n) is 3.43. The van der Waals surface area contributed by atoms with Crippen molar-refractivity contribution in [2.45, 2.75) is 46.7 Å². The molecule has 0 unspecified atom stereocenters. The highest BCUT2D eigenvalue weighted by Crippen LogP contribution is 2.28. The predicted octanol–water partition coefficient (Wildman–Crippen LogP) is 2.51. The third-order valence-electron chi connectivity index (χ3n) is 4.71. The summed E-state index contributed by atoms with van der Waals surface area (Å²) in [5.41, 5.74) is 4.59. The highest BCUT2D eigenvalue weighted by atomic mass is 16.2. The van der Waals surface area contributed by atoms with Crippen molar-refractivity contribution >= 4 is 23.3 Å². The van der Waals surface area contributed by atoms with E-state index in [1.807, 2.05) is 55.6 Å². The minimum Gasteiger partial charge on any atom is -0.350 e. The normalized spacial score (nSPS) is 13.5. The summed E-state index contributed by atoms with van der Waals surface area (Å²) in [6.45, 7) is 8.69. The van der Waals surface area contributed by atoms with Crippen LogP contribution in [-0.2, 0) is 24.8 Å². The van der Waals surface area contributed by atoms with E-state index in [-0.39, 0.29) is 17.9 Å². The predicted molar refractivity (Wildman–Crippen MR) is 105 cm³/mol. The Morgan fingerprint density at radius 1 is 1.22 bits per heavy atom. The lowest BCUT2D eigenvalue weighted by Gasteiger charge is -2.26. The molecule has 144 valence electrons. The van der Waals surface area contributed by atoms with Crippen molar-refractivity contribution in [3.05, 3.63) is 40.6 Å². The van der Waals surface area contributed by atoms with Gasteiger partial charge in [-0.05, 0) is 44.5 Å². The second-order valence-electron chi connectivity index (χ2n) is 7.43. The van der Waals surface area contributed by atoms with Crippen LogP contribution in [0.5, 0.6) is 0 Å². The third kappa shape index (κ3) is 4.13. The Hall–Kier alpha value is -2.83. The molecular formula is C20H27N5O2. The van der Waals surface area contributed by atoms with Crippen LogP contribution in [0.1, 0.15) is 48.0 Å². The van der Waals surface area contributed by atoms with Crippen LogP contribution in [0.25, 0.3) is 0 Å². The summed E-state index contributed by atoms with van der Waals surface area (Å²) in [6.07, 6.45) is 0.788. The van der Waals surface area contributed by atoms with Gasteiger partial charge in [-0.3, -0.25) is 14.3 Å². The van der Waals surface area contributed by atoms with Crippen molar-refractivity contribution in [1.82, 2.24) is 20.0 Å². The molecule has 7 nitrogen and oxygen atoms in total. The number of benzene rings is 1. The molecule has 0 radical (unpaired) electrons. The zero-order valence-electron chi connectivity index (χ0n) is 16.6.